The highest BCUT2D eigenvalue weighted by atomic mass is 79.9. The Morgan fingerprint density at radius 3 is 2.56 bits per heavy atom. The average Bonchev–Trinajstić information content (AvgIpc) is 3.18. The number of carbonyl (C=O) groups excluding carboxylic acids is 2. The second kappa shape index (κ2) is 8.64. The third-order valence-electron chi connectivity index (χ3n) is 3.99. The molecule has 3 aromatic rings. The van der Waals surface area contributed by atoms with Crippen molar-refractivity contribution in [2.45, 2.75) is 6.54 Å². The van der Waals surface area contributed by atoms with E-state index in [2.05, 4.69) is 26.4 Å². The zero-order valence-electron chi connectivity index (χ0n) is 14.7. The topological polar surface area (TPSA) is 75.4 Å². The summed E-state index contributed by atoms with van der Waals surface area (Å²) in [6.07, 6.45) is 0. The van der Waals surface area contributed by atoms with Crippen LogP contribution in [0.2, 0.25) is 0 Å². The minimum atomic E-state index is -0.455. The first kappa shape index (κ1) is 18.8. The van der Waals surface area contributed by atoms with Crippen LogP contribution in [-0.4, -0.2) is 35.5 Å². The molecular formula is C20H18BrN3O3. The molecule has 0 unspecified atom stereocenters. The molecule has 1 aromatic heterocycles. The normalized spacial score (nSPS) is 10.4. The minimum Gasteiger partial charge on any atom is -0.355 e. The Morgan fingerprint density at radius 1 is 1.11 bits per heavy atom. The fourth-order valence-electron chi connectivity index (χ4n) is 2.47. The Labute approximate surface area is 165 Å². The fraction of sp³-hybridized carbons (Fsp3) is 0.150. The highest BCUT2D eigenvalue weighted by molar-refractivity contribution is 9.10. The molecule has 0 radical (unpaired) electrons. The molecule has 0 atom stereocenters. The van der Waals surface area contributed by atoms with Crippen molar-refractivity contribution in [3.05, 3.63) is 76.4 Å². The summed E-state index contributed by atoms with van der Waals surface area (Å²) in [5.41, 5.74) is 1.95. The van der Waals surface area contributed by atoms with Crippen LogP contribution in [0, 0.1) is 0 Å². The van der Waals surface area contributed by atoms with Crippen molar-refractivity contribution in [3.8, 4) is 11.3 Å². The number of likely N-dealkylation sites (N-methyl/N-ethyl adjacent to an activating group) is 1. The number of nitrogens with zero attached hydrogens (tertiary/aromatic N) is 2. The van der Waals surface area contributed by atoms with Crippen molar-refractivity contribution in [1.82, 2.24) is 15.4 Å². The van der Waals surface area contributed by atoms with Gasteiger partial charge in [-0.15, -0.1) is 0 Å². The van der Waals surface area contributed by atoms with E-state index < -0.39 is 5.91 Å². The monoisotopic (exact) mass is 427 g/mol. The van der Waals surface area contributed by atoms with Crippen molar-refractivity contribution in [1.29, 1.82) is 0 Å². The van der Waals surface area contributed by atoms with Crippen LogP contribution in [0.25, 0.3) is 11.3 Å². The summed E-state index contributed by atoms with van der Waals surface area (Å²) < 4.78 is 6.14. The first-order chi connectivity index (χ1) is 13.0. The van der Waals surface area contributed by atoms with Crippen LogP contribution in [0.1, 0.15) is 16.1 Å². The standard InChI is InChI=1S/C20H18BrN3O3/c1-24(13-15-9-5-6-10-16(15)21)19(25)12-22-20(26)17-11-18(27-23-17)14-7-3-2-4-8-14/h2-11H,12-13H2,1H3,(H,22,26). The second-order valence-electron chi connectivity index (χ2n) is 5.97. The summed E-state index contributed by atoms with van der Waals surface area (Å²) >= 11 is 3.46. The summed E-state index contributed by atoms with van der Waals surface area (Å²) in [5, 5.41) is 6.36. The van der Waals surface area contributed by atoms with E-state index >= 15 is 0 Å². The van der Waals surface area contributed by atoms with E-state index in [-0.39, 0.29) is 18.1 Å². The van der Waals surface area contributed by atoms with Gasteiger partial charge in [0.05, 0.1) is 6.54 Å². The SMILES string of the molecule is CN(Cc1ccccc1Br)C(=O)CNC(=O)c1cc(-c2ccccc2)on1. The summed E-state index contributed by atoms with van der Waals surface area (Å²) in [5.74, 6) is -0.160. The molecular weight excluding hydrogens is 410 g/mol. The molecule has 27 heavy (non-hydrogen) atoms. The van der Waals surface area contributed by atoms with Crippen molar-refractivity contribution >= 4 is 27.7 Å². The molecule has 0 bridgehead atoms. The van der Waals surface area contributed by atoms with Crippen LogP contribution >= 0.6 is 15.9 Å². The number of rotatable bonds is 6. The third kappa shape index (κ3) is 4.83. The van der Waals surface area contributed by atoms with Crippen LogP contribution in [0.15, 0.2) is 69.7 Å². The summed E-state index contributed by atoms with van der Waals surface area (Å²) in [6, 6.07) is 18.6. The average molecular weight is 428 g/mol. The van der Waals surface area contributed by atoms with E-state index in [1.165, 1.54) is 0 Å². The zero-order chi connectivity index (χ0) is 19.2. The first-order valence-electron chi connectivity index (χ1n) is 8.32. The number of aromatic nitrogens is 1. The van der Waals surface area contributed by atoms with E-state index in [0.29, 0.717) is 12.3 Å². The number of hydrogen-bond donors (Lipinski definition) is 1. The lowest BCUT2D eigenvalue weighted by Gasteiger charge is -2.18. The molecule has 0 saturated heterocycles. The lowest BCUT2D eigenvalue weighted by Crippen LogP contribution is -2.38. The molecule has 0 aliphatic rings. The highest BCUT2D eigenvalue weighted by Crippen LogP contribution is 2.20. The molecule has 0 aliphatic carbocycles. The van der Waals surface area contributed by atoms with Gasteiger partial charge in [0, 0.05) is 29.7 Å². The lowest BCUT2D eigenvalue weighted by molar-refractivity contribution is -0.129. The molecule has 6 nitrogen and oxygen atoms in total. The lowest BCUT2D eigenvalue weighted by atomic mass is 10.1. The zero-order valence-corrected chi connectivity index (χ0v) is 16.3. The first-order valence-corrected chi connectivity index (χ1v) is 9.11. The minimum absolute atomic E-state index is 0.118. The number of amides is 2. The van der Waals surface area contributed by atoms with Crippen LogP contribution in [0.3, 0.4) is 0 Å². The Bertz CT molecular complexity index is 940. The maximum atomic E-state index is 12.3. The molecule has 3 rings (SSSR count). The molecule has 1 heterocycles. The highest BCUT2D eigenvalue weighted by Gasteiger charge is 2.16. The van der Waals surface area contributed by atoms with Crippen molar-refractivity contribution in [2.24, 2.45) is 0 Å². The molecule has 2 amide bonds. The molecule has 0 aliphatic heterocycles. The van der Waals surface area contributed by atoms with Crippen molar-refractivity contribution < 1.29 is 14.1 Å². The van der Waals surface area contributed by atoms with Gasteiger partial charge in [-0.25, -0.2) is 0 Å². The molecule has 7 heteroatoms. The Hall–Kier alpha value is -2.93. The van der Waals surface area contributed by atoms with Gasteiger partial charge in [0.15, 0.2) is 11.5 Å². The third-order valence-corrected chi connectivity index (χ3v) is 4.77. The largest absolute Gasteiger partial charge is 0.355 e. The molecule has 0 spiro atoms. The van der Waals surface area contributed by atoms with E-state index in [9.17, 15) is 9.59 Å². The second-order valence-corrected chi connectivity index (χ2v) is 6.82. The molecule has 138 valence electrons. The Kier molecular flexibility index (Phi) is 6.03. The van der Waals surface area contributed by atoms with E-state index in [0.717, 1.165) is 15.6 Å². The smallest absolute Gasteiger partial charge is 0.273 e. The van der Waals surface area contributed by atoms with E-state index in [1.807, 2.05) is 54.6 Å². The number of nitrogens with one attached hydrogen (secondary N) is 1. The quantitative estimate of drug-likeness (QED) is 0.652. The molecule has 1 N–H and O–H groups in total. The summed E-state index contributed by atoms with van der Waals surface area (Å²) in [7, 11) is 1.69. The van der Waals surface area contributed by atoms with Crippen molar-refractivity contribution in [3.63, 3.8) is 0 Å². The summed E-state index contributed by atoms with van der Waals surface area (Å²) in [6.45, 7) is 0.325. The van der Waals surface area contributed by atoms with Gasteiger partial charge >= 0.3 is 0 Å². The van der Waals surface area contributed by atoms with Gasteiger partial charge < -0.3 is 14.7 Å². The van der Waals surface area contributed by atoms with Gasteiger partial charge in [-0.05, 0) is 11.6 Å². The van der Waals surface area contributed by atoms with Crippen molar-refractivity contribution in [2.75, 3.05) is 13.6 Å². The van der Waals surface area contributed by atoms with Gasteiger partial charge in [0.2, 0.25) is 5.91 Å². The van der Waals surface area contributed by atoms with Crippen LogP contribution in [0.5, 0.6) is 0 Å². The predicted molar refractivity (Wildman–Crippen MR) is 105 cm³/mol. The van der Waals surface area contributed by atoms with Gasteiger partial charge in [-0.3, -0.25) is 9.59 Å². The summed E-state index contributed by atoms with van der Waals surface area (Å²) in [4.78, 5) is 26.0. The Morgan fingerprint density at radius 2 is 1.81 bits per heavy atom. The van der Waals surface area contributed by atoms with Crippen LogP contribution in [-0.2, 0) is 11.3 Å². The molecule has 2 aromatic carbocycles. The molecule has 0 fully saturated rings. The van der Waals surface area contributed by atoms with Gasteiger partial charge in [0.25, 0.3) is 5.91 Å². The van der Waals surface area contributed by atoms with E-state index in [4.69, 9.17) is 4.52 Å². The molecule has 0 saturated carbocycles. The van der Waals surface area contributed by atoms with Gasteiger partial charge in [-0.2, -0.15) is 0 Å². The van der Waals surface area contributed by atoms with E-state index in [1.54, 1.807) is 18.0 Å². The maximum Gasteiger partial charge on any atom is 0.273 e. The van der Waals surface area contributed by atoms with Crippen LogP contribution in [0.4, 0.5) is 0 Å². The van der Waals surface area contributed by atoms with Crippen LogP contribution < -0.4 is 5.32 Å². The maximum absolute atomic E-state index is 12.3. The van der Waals surface area contributed by atoms with Gasteiger partial charge in [0.1, 0.15) is 0 Å². The number of carbonyl (C=O) groups is 2. The fourth-order valence-corrected chi connectivity index (χ4v) is 2.88. The number of halogens is 1. The number of hydrogen-bond acceptors (Lipinski definition) is 4. The number of benzene rings is 2. The van der Waals surface area contributed by atoms with Gasteiger partial charge in [-0.1, -0.05) is 69.6 Å². The Balaban J connectivity index is 1.55. The predicted octanol–water partition coefficient (Wildman–Crippen LogP) is 3.49.